The second kappa shape index (κ2) is 9.12. The topological polar surface area (TPSA) is 77.1 Å². The number of anilines is 1. The second-order valence-electron chi connectivity index (χ2n) is 8.15. The zero-order valence-electron chi connectivity index (χ0n) is 18.4. The van der Waals surface area contributed by atoms with Gasteiger partial charge >= 0.3 is 6.09 Å². The summed E-state index contributed by atoms with van der Waals surface area (Å²) >= 11 is 0. The van der Waals surface area contributed by atoms with Gasteiger partial charge in [0.05, 0.1) is 31.9 Å². The summed E-state index contributed by atoms with van der Waals surface area (Å²) < 4.78 is 16.1. The van der Waals surface area contributed by atoms with E-state index in [4.69, 9.17) is 14.2 Å². The standard InChI is InChI=1S/C24H28N2O5/c1-24(2,3)31-23(28)26-15-14-18(22(26)27)21(16-10-12-17(29-4)13-11-16)25-19-8-6-7-9-20(19)30-5/h6-15,18,21,25H,1-5H3. The fourth-order valence-electron chi connectivity index (χ4n) is 3.33. The maximum Gasteiger partial charge on any atom is 0.421 e. The third kappa shape index (κ3) is 5.17. The van der Waals surface area contributed by atoms with Crippen molar-refractivity contribution in [1.29, 1.82) is 0 Å². The number of carbonyl (C=O) groups is 2. The first-order valence-corrected chi connectivity index (χ1v) is 10.0. The number of hydrogen-bond acceptors (Lipinski definition) is 6. The monoisotopic (exact) mass is 424 g/mol. The molecule has 0 saturated carbocycles. The van der Waals surface area contributed by atoms with Gasteiger partial charge in [0.2, 0.25) is 5.91 Å². The summed E-state index contributed by atoms with van der Waals surface area (Å²) in [5, 5.41) is 3.42. The van der Waals surface area contributed by atoms with Crippen LogP contribution >= 0.6 is 0 Å². The molecule has 7 nitrogen and oxygen atoms in total. The Morgan fingerprint density at radius 2 is 1.71 bits per heavy atom. The molecule has 2 aromatic rings. The molecule has 1 aliphatic rings. The minimum atomic E-state index is -0.700. The van der Waals surface area contributed by atoms with Crippen LogP contribution in [0.15, 0.2) is 60.8 Å². The van der Waals surface area contributed by atoms with Gasteiger partial charge in [-0.1, -0.05) is 30.3 Å². The Hall–Kier alpha value is -3.48. The molecule has 0 aromatic heterocycles. The van der Waals surface area contributed by atoms with E-state index < -0.39 is 23.7 Å². The number of benzene rings is 2. The van der Waals surface area contributed by atoms with Crippen LogP contribution in [0.4, 0.5) is 10.5 Å². The van der Waals surface area contributed by atoms with Gasteiger partial charge in [-0.2, -0.15) is 0 Å². The Morgan fingerprint density at radius 1 is 1.03 bits per heavy atom. The molecule has 0 radical (unpaired) electrons. The van der Waals surface area contributed by atoms with E-state index in [0.717, 1.165) is 16.2 Å². The first kappa shape index (κ1) is 22.2. The highest BCUT2D eigenvalue weighted by Gasteiger charge is 2.39. The van der Waals surface area contributed by atoms with Gasteiger partial charge in [-0.25, -0.2) is 9.69 Å². The normalized spacial score (nSPS) is 16.7. The van der Waals surface area contributed by atoms with Crippen molar-refractivity contribution in [2.45, 2.75) is 32.4 Å². The number of para-hydroxylation sites is 2. The minimum Gasteiger partial charge on any atom is -0.497 e. The molecule has 0 fully saturated rings. The SMILES string of the molecule is COc1ccc(C(Nc2ccccc2OC)C2C=CN(C(=O)OC(C)(C)C)C2=O)cc1. The summed E-state index contributed by atoms with van der Waals surface area (Å²) in [6, 6.07) is 14.5. The van der Waals surface area contributed by atoms with Gasteiger partial charge in [-0.3, -0.25) is 4.79 Å². The van der Waals surface area contributed by atoms with E-state index in [0.29, 0.717) is 11.5 Å². The summed E-state index contributed by atoms with van der Waals surface area (Å²) in [5.41, 5.74) is 0.900. The molecule has 1 heterocycles. The zero-order chi connectivity index (χ0) is 22.6. The molecular weight excluding hydrogens is 396 g/mol. The summed E-state index contributed by atoms with van der Waals surface area (Å²) in [7, 11) is 3.19. The predicted octanol–water partition coefficient (Wildman–Crippen LogP) is 4.76. The molecule has 164 valence electrons. The lowest BCUT2D eigenvalue weighted by atomic mass is 9.92. The van der Waals surface area contributed by atoms with E-state index >= 15 is 0 Å². The molecule has 2 aromatic carbocycles. The van der Waals surface area contributed by atoms with Gasteiger partial charge in [-0.15, -0.1) is 0 Å². The molecule has 1 N–H and O–H groups in total. The lowest BCUT2D eigenvalue weighted by Gasteiger charge is -2.27. The number of amides is 2. The van der Waals surface area contributed by atoms with Crippen LogP contribution in [0, 0.1) is 5.92 Å². The van der Waals surface area contributed by atoms with E-state index in [1.165, 1.54) is 6.20 Å². The zero-order valence-corrected chi connectivity index (χ0v) is 18.4. The van der Waals surface area contributed by atoms with E-state index in [1.807, 2.05) is 48.5 Å². The van der Waals surface area contributed by atoms with Gasteiger partial charge in [0, 0.05) is 6.20 Å². The van der Waals surface area contributed by atoms with Gasteiger partial charge in [0.15, 0.2) is 0 Å². The predicted molar refractivity (Wildman–Crippen MR) is 118 cm³/mol. The molecule has 3 rings (SSSR count). The average Bonchev–Trinajstić information content (AvgIpc) is 3.12. The number of nitrogens with one attached hydrogen (secondary N) is 1. The Kier molecular flexibility index (Phi) is 6.53. The van der Waals surface area contributed by atoms with Crippen molar-refractivity contribution in [1.82, 2.24) is 4.90 Å². The van der Waals surface area contributed by atoms with E-state index in [2.05, 4.69) is 5.32 Å². The van der Waals surface area contributed by atoms with Crippen molar-refractivity contribution in [3.05, 3.63) is 66.4 Å². The smallest absolute Gasteiger partial charge is 0.421 e. The number of ether oxygens (including phenoxy) is 3. The molecule has 0 bridgehead atoms. The van der Waals surface area contributed by atoms with Crippen LogP contribution in [-0.2, 0) is 9.53 Å². The third-order valence-electron chi connectivity index (χ3n) is 4.81. The summed E-state index contributed by atoms with van der Waals surface area (Å²) in [6.45, 7) is 5.28. The highest BCUT2D eigenvalue weighted by molar-refractivity contribution is 5.98. The number of methoxy groups -OCH3 is 2. The van der Waals surface area contributed by atoms with Crippen molar-refractivity contribution in [3.63, 3.8) is 0 Å². The highest BCUT2D eigenvalue weighted by Crippen LogP contribution is 2.36. The fourth-order valence-corrected chi connectivity index (χ4v) is 3.33. The van der Waals surface area contributed by atoms with Crippen molar-refractivity contribution >= 4 is 17.7 Å². The number of carbonyl (C=O) groups excluding carboxylic acids is 2. The minimum absolute atomic E-state index is 0.363. The van der Waals surface area contributed by atoms with Crippen LogP contribution in [0.2, 0.25) is 0 Å². The average molecular weight is 424 g/mol. The Bertz CT molecular complexity index is 963. The van der Waals surface area contributed by atoms with Crippen molar-refractivity contribution < 1.29 is 23.8 Å². The maximum absolute atomic E-state index is 13.2. The molecular formula is C24H28N2O5. The van der Waals surface area contributed by atoms with Crippen LogP contribution in [0.5, 0.6) is 11.5 Å². The van der Waals surface area contributed by atoms with Crippen LogP contribution in [-0.4, -0.2) is 36.7 Å². The van der Waals surface area contributed by atoms with Crippen molar-refractivity contribution in [2.24, 2.45) is 5.92 Å². The first-order valence-electron chi connectivity index (χ1n) is 10.0. The quantitative estimate of drug-likeness (QED) is 0.720. The Balaban J connectivity index is 1.92. The molecule has 2 atom stereocenters. The third-order valence-corrected chi connectivity index (χ3v) is 4.81. The number of imide groups is 1. The lowest BCUT2D eigenvalue weighted by molar-refractivity contribution is -0.129. The molecule has 7 heteroatoms. The fraction of sp³-hybridized carbons (Fsp3) is 0.333. The second-order valence-corrected chi connectivity index (χ2v) is 8.15. The first-order chi connectivity index (χ1) is 14.7. The van der Waals surface area contributed by atoms with Gasteiger partial charge < -0.3 is 19.5 Å². The number of hydrogen-bond donors (Lipinski definition) is 1. The molecule has 31 heavy (non-hydrogen) atoms. The van der Waals surface area contributed by atoms with Crippen LogP contribution < -0.4 is 14.8 Å². The van der Waals surface area contributed by atoms with E-state index in [-0.39, 0.29) is 5.91 Å². The molecule has 1 aliphatic heterocycles. The van der Waals surface area contributed by atoms with Crippen molar-refractivity contribution in [3.8, 4) is 11.5 Å². The summed E-state index contributed by atoms with van der Waals surface area (Å²) in [6.07, 6.45) is 2.49. The van der Waals surface area contributed by atoms with Crippen LogP contribution in [0.1, 0.15) is 32.4 Å². The summed E-state index contributed by atoms with van der Waals surface area (Å²) in [4.78, 5) is 26.7. The summed E-state index contributed by atoms with van der Waals surface area (Å²) in [5.74, 6) is 0.381. The molecule has 0 saturated heterocycles. The van der Waals surface area contributed by atoms with E-state index in [1.54, 1.807) is 41.1 Å². The molecule has 2 unspecified atom stereocenters. The number of nitrogens with zero attached hydrogens (tertiary/aromatic N) is 1. The van der Waals surface area contributed by atoms with Gasteiger partial charge in [-0.05, 0) is 50.6 Å². The van der Waals surface area contributed by atoms with Crippen molar-refractivity contribution in [2.75, 3.05) is 19.5 Å². The highest BCUT2D eigenvalue weighted by atomic mass is 16.6. The molecule has 0 aliphatic carbocycles. The Labute approximate surface area is 182 Å². The lowest BCUT2D eigenvalue weighted by Crippen LogP contribution is -2.39. The maximum atomic E-state index is 13.2. The van der Waals surface area contributed by atoms with Gasteiger partial charge in [0.1, 0.15) is 17.1 Å². The molecule has 0 spiro atoms. The Morgan fingerprint density at radius 3 is 2.32 bits per heavy atom. The number of rotatable bonds is 6. The van der Waals surface area contributed by atoms with Gasteiger partial charge in [0.25, 0.3) is 0 Å². The largest absolute Gasteiger partial charge is 0.497 e. The molecule has 2 amide bonds. The van der Waals surface area contributed by atoms with E-state index in [9.17, 15) is 9.59 Å². The van der Waals surface area contributed by atoms with Crippen LogP contribution in [0.25, 0.3) is 0 Å². The van der Waals surface area contributed by atoms with Crippen LogP contribution in [0.3, 0.4) is 0 Å².